The highest BCUT2D eigenvalue weighted by Gasteiger charge is 2.14. The van der Waals surface area contributed by atoms with Crippen LogP contribution in [0.25, 0.3) is 11.3 Å². The molecule has 1 N–H and O–H groups in total. The molecule has 0 aliphatic rings. The lowest BCUT2D eigenvalue weighted by atomic mass is 10.1. The normalized spacial score (nSPS) is 10.5. The smallest absolute Gasteiger partial charge is 0.264 e. The van der Waals surface area contributed by atoms with Crippen LogP contribution < -0.4 is 19.5 Å². The fourth-order valence-electron chi connectivity index (χ4n) is 2.89. The average molecular weight is 413 g/mol. The van der Waals surface area contributed by atoms with Gasteiger partial charge in [-0.25, -0.2) is 4.98 Å². The van der Waals surface area contributed by atoms with Crippen molar-refractivity contribution < 1.29 is 19.0 Å². The lowest BCUT2D eigenvalue weighted by molar-refractivity contribution is -0.118. The fraction of sp³-hybridized carbons (Fsp3) is 0.273. The SMILES string of the molecule is CCOc1ccccc1OCC(=O)Nc1nc(-c2ccc(OC)c(C)c2)c(C)s1. The van der Waals surface area contributed by atoms with E-state index in [4.69, 9.17) is 14.2 Å². The van der Waals surface area contributed by atoms with E-state index in [1.165, 1.54) is 11.3 Å². The van der Waals surface area contributed by atoms with Crippen LogP contribution >= 0.6 is 11.3 Å². The minimum absolute atomic E-state index is 0.125. The number of benzene rings is 2. The molecule has 0 atom stereocenters. The summed E-state index contributed by atoms with van der Waals surface area (Å²) >= 11 is 1.43. The number of nitrogens with zero attached hydrogens (tertiary/aromatic N) is 1. The molecule has 0 aliphatic heterocycles. The number of methoxy groups -OCH3 is 1. The lowest BCUT2D eigenvalue weighted by Crippen LogP contribution is -2.20. The molecule has 0 aliphatic carbocycles. The zero-order valence-corrected chi connectivity index (χ0v) is 17.8. The summed E-state index contributed by atoms with van der Waals surface area (Å²) in [4.78, 5) is 17.9. The first-order chi connectivity index (χ1) is 14.0. The first-order valence-corrected chi connectivity index (χ1v) is 10.1. The van der Waals surface area contributed by atoms with Gasteiger partial charge in [-0.1, -0.05) is 12.1 Å². The van der Waals surface area contributed by atoms with E-state index >= 15 is 0 Å². The predicted octanol–water partition coefficient (Wildman–Crippen LogP) is 4.85. The van der Waals surface area contributed by atoms with E-state index < -0.39 is 0 Å². The van der Waals surface area contributed by atoms with Crippen molar-refractivity contribution in [1.82, 2.24) is 4.98 Å². The summed E-state index contributed by atoms with van der Waals surface area (Å²) in [5.74, 6) is 1.71. The molecule has 1 aromatic heterocycles. The van der Waals surface area contributed by atoms with Gasteiger partial charge in [0.2, 0.25) is 0 Å². The molecular formula is C22H24N2O4S. The first-order valence-electron chi connectivity index (χ1n) is 9.28. The summed E-state index contributed by atoms with van der Waals surface area (Å²) in [6.45, 7) is 6.27. The topological polar surface area (TPSA) is 69.7 Å². The maximum absolute atomic E-state index is 12.3. The van der Waals surface area contributed by atoms with Crippen molar-refractivity contribution in [3.05, 3.63) is 52.9 Å². The Kier molecular flexibility index (Phi) is 6.72. The monoisotopic (exact) mass is 412 g/mol. The molecular weight excluding hydrogens is 388 g/mol. The summed E-state index contributed by atoms with van der Waals surface area (Å²) < 4.78 is 16.4. The Morgan fingerprint density at radius 2 is 1.79 bits per heavy atom. The number of nitrogens with one attached hydrogen (secondary N) is 1. The van der Waals surface area contributed by atoms with Gasteiger partial charge in [0, 0.05) is 10.4 Å². The Morgan fingerprint density at radius 3 is 2.45 bits per heavy atom. The van der Waals surface area contributed by atoms with Gasteiger partial charge in [-0.15, -0.1) is 11.3 Å². The second kappa shape index (κ2) is 9.43. The number of carbonyl (C=O) groups is 1. The molecule has 3 rings (SSSR count). The van der Waals surface area contributed by atoms with E-state index in [9.17, 15) is 4.79 Å². The van der Waals surface area contributed by atoms with Gasteiger partial charge in [0.25, 0.3) is 5.91 Å². The maximum atomic E-state index is 12.3. The maximum Gasteiger partial charge on any atom is 0.264 e. The highest BCUT2D eigenvalue weighted by Crippen LogP contribution is 2.33. The zero-order chi connectivity index (χ0) is 20.8. The van der Waals surface area contributed by atoms with Crippen molar-refractivity contribution in [3.63, 3.8) is 0 Å². The van der Waals surface area contributed by atoms with Crippen LogP contribution in [0.2, 0.25) is 0 Å². The number of amides is 1. The Hall–Kier alpha value is -3.06. The summed E-state index contributed by atoms with van der Waals surface area (Å²) in [6, 6.07) is 13.2. The fourth-order valence-corrected chi connectivity index (χ4v) is 3.74. The van der Waals surface area contributed by atoms with Gasteiger partial charge in [-0.3, -0.25) is 10.1 Å². The van der Waals surface area contributed by atoms with Gasteiger partial charge in [0.15, 0.2) is 23.2 Å². The molecule has 0 saturated carbocycles. The molecule has 0 unspecified atom stereocenters. The van der Waals surface area contributed by atoms with Crippen LogP contribution in [0.15, 0.2) is 42.5 Å². The molecule has 29 heavy (non-hydrogen) atoms. The van der Waals surface area contributed by atoms with E-state index in [0.29, 0.717) is 23.2 Å². The molecule has 1 heterocycles. The van der Waals surface area contributed by atoms with Crippen molar-refractivity contribution in [2.45, 2.75) is 20.8 Å². The highest BCUT2D eigenvalue weighted by molar-refractivity contribution is 7.16. The molecule has 0 fully saturated rings. The van der Waals surface area contributed by atoms with Gasteiger partial charge in [0.1, 0.15) is 5.75 Å². The van der Waals surface area contributed by atoms with E-state index in [1.807, 2.05) is 57.2 Å². The third kappa shape index (κ3) is 5.06. The third-order valence-electron chi connectivity index (χ3n) is 4.22. The number of carbonyl (C=O) groups excluding carboxylic acids is 1. The standard InChI is InChI=1S/C22H24N2O4S/c1-5-27-18-8-6-7-9-19(18)28-13-20(25)23-22-24-21(15(3)29-22)16-10-11-17(26-4)14(2)12-16/h6-12H,5,13H2,1-4H3,(H,23,24,25). The minimum Gasteiger partial charge on any atom is -0.496 e. The number of hydrogen-bond donors (Lipinski definition) is 1. The molecule has 0 bridgehead atoms. The number of hydrogen-bond acceptors (Lipinski definition) is 6. The van der Waals surface area contributed by atoms with Crippen LogP contribution in [-0.2, 0) is 4.79 Å². The van der Waals surface area contributed by atoms with Crippen LogP contribution in [0, 0.1) is 13.8 Å². The van der Waals surface area contributed by atoms with E-state index in [1.54, 1.807) is 13.2 Å². The molecule has 152 valence electrons. The lowest BCUT2D eigenvalue weighted by Gasteiger charge is -2.11. The van der Waals surface area contributed by atoms with E-state index in [-0.39, 0.29) is 12.5 Å². The van der Waals surface area contributed by atoms with Crippen molar-refractivity contribution >= 4 is 22.4 Å². The van der Waals surface area contributed by atoms with Crippen LogP contribution in [0.3, 0.4) is 0 Å². The average Bonchev–Trinajstić information content (AvgIpc) is 3.07. The highest BCUT2D eigenvalue weighted by atomic mass is 32.1. The molecule has 1 amide bonds. The Balaban J connectivity index is 1.66. The van der Waals surface area contributed by atoms with Gasteiger partial charge >= 0.3 is 0 Å². The molecule has 3 aromatic rings. The quantitative estimate of drug-likeness (QED) is 0.573. The molecule has 0 radical (unpaired) electrons. The minimum atomic E-state index is -0.275. The molecule has 6 nitrogen and oxygen atoms in total. The first kappa shape index (κ1) is 20.7. The summed E-state index contributed by atoms with van der Waals surface area (Å²) in [5.41, 5.74) is 2.86. The van der Waals surface area contributed by atoms with Crippen LogP contribution in [0.4, 0.5) is 5.13 Å². The van der Waals surface area contributed by atoms with Crippen molar-refractivity contribution in [1.29, 1.82) is 0 Å². The predicted molar refractivity (Wildman–Crippen MR) is 115 cm³/mol. The number of rotatable bonds is 8. The van der Waals surface area contributed by atoms with Gasteiger partial charge in [-0.2, -0.15) is 0 Å². The Morgan fingerprint density at radius 1 is 1.07 bits per heavy atom. The van der Waals surface area contributed by atoms with Gasteiger partial charge in [0.05, 0.1) is 19.4 Å². The van der Waals surface area contributed by atoms with Gasteiger partial charge in [-0.05, 0) is 56.7 Å². The molecule has 0 spiro atoms. The van der Waals surface area contributed by atoms with E-state index in [2.05, 4.69) is 10.3 Å². The number of ether oxygens (including phenoxy) is 3. The number of para-hydroxylation sites is 2. The van der Waals surface area contributed by atoms with Crippen molar-refractivity contribution in [2.75, 3.05) is 25.6 Å². The zero-order valence-electron chi connectivity index (χ0n) is 16.9. The van der Waals surface area contributed by atoms with Crippen LogP contribution in [-0.4, -0.2) is 31.2 Å². The van der Waals surface area contributed by atoms with Gasteiger partial charge < -0.3 is 14.2 Å². The molecule has 2 aromatic carbocycles. The number of thiazole rings is 1. The second-order valence-electron chi connectivity index (χ2n) is 6.32. The number of aryl methyl sites for hydroxylation is 2. The Labute approximate surface area is 174 Å². The van der Waals surface area contributed by atoms with E-state index in [0.717, 1.165) is 27.4 Å². The van der Waals surface area contributed by atoms with Crippen molar-refractivity contribution in [2.24, 2.45) is 0 Å². The summed E-state index contributed by atoms with van der Waals surface area (Å²) in [6.07, 6.45) is 0. The number of aromatic nitrogens is 1. The second-order valence-corrected chi connectivity index (χ2v) is 7.53. The summed E-state index contributed by atoms with van der Waals surface area (Å²) in [7, 11) is 1.65. The number of anilines is 1. The Bertz CT molecular complexity index is 1000. The van der Waals surface area contributed by atoms with Crippen LogP contribution in [0.1, 0.15) is 17.4 Å². The van der Waals surface area contributed by atoms with Crippen LogP contribution in [0.5, 0.6) is 17.2 Å². The largest absolute Gasteiger partial charge is 0.496 e. The third-order valence-corrected chi connectivity index (χ3v) is 5.11. The summed E-state index contributed by atoms with van der Waals surface area (Å²) in [5, 5.41) is 3.35. The molecule has 0 saturated heterocycles. The van der Waals surface area contributed by atoms with Crippen molar-refractivity contribution in [3.8, 4) is 28.5 Å². The molecule has 7 heteroatoms.